The zero-order valence-corrected chi connectivity index (χ0v) is 15.3. The molecule has 0 spiro atoms. The Hall–Kier alpha value is -0.660. The van der Waals surface area contributed by atoms with Crippen molar-refractivity contribution >= 4 is 59.7 Å². The molecule has 0 unspecified atom stereocenters. The van der Waals surface area contributed by atoms with Gasteiger partial charge in [0.1, 0.15) is 6.04 Å². The van der Waals surface area contributed by atoms with Crippen LogP contribution in [0.4, 0.5) is 0 Å². The highest BCUT2D eigenvalue weighted by atomic mass is 79.9. The first-order valence-corrected chi connectivity index (χ1v) is 7.89. The van der Waals surface area contributed by atoms with Crippen LogP contribution in [-0.2, 0) is 9.53 Å². The summed E-state index contributed by atoms with van der Waals surface area (Å²) in [5.41, 5.74) is 0.431. The van der Waals surface area contributed by atoms with Crippen LogP contribution in [0.2, 0.25) is 0 Å². The maximum Gasteiger partial charge on any atom is 0.328 e. The molecular weight excluding hydrogens is 458 g/mol. The summed E-state index contributed by atoms with van der Waals surface area (Å²) >= 11 is 9.79. The quantitative estimate of drug-likeness (QED) is 0.668. The zero-order chi connectivity index (χ0) is 15.3. The monoisotopic (exact) mass is 467 g/mol. The van der Waals surface area contributed by atoms with E-state index in [1.54, 1.807) is 12.1 Å². The minimum atomic E-state index is -0.780. The fraction of sp³-hybridized carbons (Fsp3) is 0.231. The number of carbonyl (C=O) groups excluding carboxylic acids is 2. The van der Waals surface area contributed by atoms with Crippen molar-refractivity contribution < 1.29 is 14.3 Å². The minimum Gasteiger partial charge on any atom is -0.467 e. The molecule has 1 amide bonds. The van der Waals surface area contributed by atoms with Gasteiger partial charge in [-0.1, -0.05) is 54.4 Å². The van der Waals surface area contributed by atoms with Gasteiger partial charge in [-0.25, -0.2) is 4.79 Å². The first kappa shape index (κ1) is 17.4. The Morgan fingerprint density at radius 1 is 1.30 bits per heavy atom. The Kier molecular flexibility index (Phi) is 6.91. The number of esters is 1. The maximum atomic E-state index is 12.2. The van der Waals surface area contributed by atoms with E-state index in [9.17, 15) is 9.59 Å². The summed E-state index contributed by atoms with van der Waals surface area (Å²) in [5.74, 6) is -0.885. The molecule has 20 heavy (non-hydrogen) atoms. The normalized spacial score (nSPS) is 11.6. The van der Waals surface area contributed by atoms with Crippen LogP contribution in [0.1, 0.15) is 16.8 Å². The highest BCUT2D eigenvalue weighted by Gasteiger charge is 2.22. The van der Waals surface area contributed by atoms with Gasteiger partial charge in [0.05, 0.1) is 7.11 Å². The third kappa shape index (κ3) is 5.38. The Balaban J connectivity index is 2.89. The van der Waals surface area contributed by atoms with Crippen LogP contribution in [0.15, 0.2) is 38.2 Å². The van der Waals surface area contributed by atoms with Crippen LogP contribution < -0.4 is 5.32 Å². The lowest BCUT2D eigenvalue weighted by molar-refractivity contribution is -0.142. The zero-order valence-electron chi connectivity index (χ0n) is 10.6. The van der Waals surface area contributed by atoms with Crippen molar-refractivity contribution in [3.8, 4) is 0 Å². The number of methoxy groups -OCH3 is 1. The van der Waals surface area contributed by atoms with Crippen molar-refractivity contribution in [3.05, 3.63) is 43.8 Å². The van der Waals surface area contributed by atoms with Crippen molar-refractivity contribution in [2.45, 2.75) is 12.5 Å². The maximum absolute atomic E-state index is 12.2. The molecule has 1 atom stereocenters. The lowest BCUT2D eigenvalue weighted by Gasteiger charge is -2.16. The molecule has 1 aromatic rings. The molecule has 0 saturated heterocycles. The van der Waals surface area contributed by atoms with Crippen molar-refractivity contribution in [3.63, 3.8) is 0 Å². The molecule has 0 fully saturated rings. The van der Waals surface area contributed by atoms with Crippen molar-refractivity contribution in [2.24, 2.45) is 0 Å². The van der Waals surface area contributed by atoms with E-state index in [4.69, 9.17) is 0 Å². The van der Waals surface area contributed by atoms with E-state index in [0.717, 1.165) is 8.95 Å². The smallest absolute Gasteiger partial charge is 0.328 e. The van der Waals surface area contributed by atoms with Crippen molar-refractivity contribution in [1.29, 1.82) is 0 Å². The molecule has 1 rings (SSSR count). The second-order valence-corrected chi connectivity index (χ2v) is 6.88. The molecular formula is C13H12Br3NO3. The summed E-state index contributed by atoms with van der Waals surface area (Å²) in [6.07, 6.45) is 0.258. The summed E-state index contributed by atoms with van der Waals surface area (Å²) in [4.78, 5) is 23.8. The van der Waals surface area contributed by atoms with E-state index in [1.165, 1.54) is 7.11 Å². The van der Waals surface area contributed by atoms with Crippen LogP contribution in [-0.4, -0.2) is 25.0 Å². The average Bonchev–Trinajstić information content (AvgIpc) is 2.35. The summed E-state index contributed by atoms with van der Waals surface area (Å²) in [6, 6.07) is 4.36. The van der Waals surface area contributed by atoms with Crippen molar-refractivity contribution in [2.75, 3.05) is 7.11 Å². The van der Waals surface area contributed by atoms with E-state index < -0.39 is 12.0 Å². The fourth-order valence-electron chi connectivity index (χ4n) is 1.48. The van der Waals surface area contributed by atoms with Gasteiger partial charge in [-0.15, -0.1) is 0 Å². The van der Waals surface area contributed by atoms with Gasteiger partial charge in [0.15, 0.2) is 0 Å². The molecule has 0 aliphatic carbocycles. The minimum absolute atomic E-state index is 0.258. The Morgan fingerprint density at radius 3 is 2.30 bits per heavy atom. The number of benzene rings is 1. The van der Waals surface area contributed by atoms with E-state index in [1.807, 2.05) is 6.07 Å². The first-order chi connectivity index (χ1) is 9.33. The van der Waals surface area contributed by atoms with Crippen LogP contribution in [0.3, 0.4) is 0 Å². The average molecular weight is 470 g/mol. The predicted molar refractivity (Wildman–Crippen MR) is 87.8 cm³/mol. The molecule has 0 aromatic heterocycles. The SMILES string of the molecule is C=C(Br)C[C@@H](NC(=O)c1cc(Br)cc(Br)c1)C(=O)OC. The van der Waals surface area contributed by atoms with Gasteiger partial charge in [0, 0.05) is 20.9 Å². The van der Waals surface area contributed by atoms with Gasteiger partial charge in [-0.05, 0) is 22.7 Å². The number of amides is 1. The first-order valence-electron chi connectivity index (χ1n) is 5.51. The highest BCUT2D eigenvalue weighted by Crippen LogP contribution is 2.20. The van der Waals surface area contributed by atoms with Crippen LogP contribution in [0, 0.1) is 0 Å². The molecule has 0 bridgehead atoms. The van der Waals surface area contributed by atoms with Gasteiger partial charge >= 0.3 is 5.97 Å². The van der Waals surface area contributed by atoms with Crippen molar-refractivity contribution in [1.82, 2.24) is 5.32 Å². The largest absolute Gasteiger partial charge is 0.467 e. The lowest BCUT2D eigenvalue weighted by atomic mass is 10.1. The van der Waals surface area contributed by atoms with Crippen LogP contribution in [0.5, 0.6) is 0 Å². The van der Waals surface area contributed by atoms with Gasteiger partial charge in [-0.2, -0.15) is 0 Å². The lowest BCUT2D eigenvalue weighted by Crippen LogP contribution is -2.41. The summed E-state index contributed by atoms with van der Waals surface area (Å²) in [5, 5.41) is 2.62. The van der Waals surface area contributed by atoms with Crippen LogP contribution in [0.25, 0.3) is 0 Å². The number of nitrogens with one attached hydrogen (secondary N) is 1. The second-order valence-electron chi connectivity index (χ2n) is 3.93. The van der Waals surface area contributed by atoms with E-state index in [-0.39, 0.29) is 12.3 Å². The number of carbonyl (C=O) groups is 2. The molecule has 4 nitrogen and oxygen atoms in total. The molecule has 1 aromatic carbocycles. The number of hydrogen-bond donors (Lipinski definition) is 1. The van der Waals surface area contributed by atoms with Crippen LogP contribution >= 0.6 is 47.8 Å². The number of ether oxygens (including phenoxy) is 1. The topological polar surface area (TPSA) is 55.4 Å². The second kappa shape index (κ2) is 7.95. The molecule has 0 heterocycles. The van der Waals surface area contributed by atoms with E-state index >= 15 is 0 Å². The number of halogens is 3. The number of rotatable bonds is 5. The Morgan fingerprint density at radius 2 is 1.85 bits per heavy atom. The summed E-state index contributed by atoms with van der Waals surface area (Å²) < 4.78 is 6.79. The molecule has 108 valence electrons. The molecule has 7 heteroatoms. The Labute approximate surface area is 142 Å². The summed E-state index contributed by atoms with van der Waals surface area (Å²) in [7, 11) is 1.27. The molecule has 1 N–H and O–H groups in total. The highest BCUT2D eigenvalue weighted by molar-refractivity contribution is 9.11. The van der Waals surface area contributed by atoms with Gasteiger partial charge < -0.3 is 10.1 Å². The van der Waals surface area contributed by atoms with Gasteiger partial charge in [-0.3, -0.25) is 4.79 Å². The standard InChI is InChI=1S/C13H12Br3NO3/c1-7(14)3-11(13(19)20-2)17-12(18)8-4-9(15)6-10(16)5-8/h4-6,11H,1,3H2,2H3,(H,17,18)/t11-/m1/s1. The Bertz CT molecular complexity index is 525. The molecule has 0 radical (unpaired) electrons. The fourth-order valence-corrected chi connectivity index (χ4v) is 3.10. The molecule has 0 aliphatic heterocycles. The third-order valence-electron chi connectivity index (χ3n) is 2.34. The summed E-state index contributed by atoms with van der Waals surface area (Å²) in [6.45, 7) is 3.66. The van der Waals surface area contributed by atoms with Gasteiger partial charge in [0.2, 0.25) is 0 Å². The predicted octanol–water partition coefficient (Wildman–Crippen LogP) is 3.78. The number of hydrogen-bond acceptors (Lipinski definition) is 3. The molecule has 0 saturated carbocycles. The third-order valence-corrected chi connectivity index (χ3v) is 3.58. The van der Waals surface area contributed by atoms with E-state index in [2.05, 4.69) is 64.4 Å². The van der Waals surface area contributed by atoms with E-state index in [0.29, 0.717) is 10.0 Å². The van der Waals surface area contributed by atoms with Gasteiger partial charge in [0.25, 0.3) is 5.91 Å². The molecule has 0 aliphatic rings.